The van der Waals surface area contributed by atoms with Gasteiger partial charge in [0, 0.05) is 47.1 Å². The van der Waals surface area contributed by atoms with E-state index in [4.69, 9.17) is 4.74 Å². The summed E-state index contributed by atoms with van der Waals surface area (Å²) < 4.78 is 23.5. The Morgan fingerprint density at radius 2 is 2.00 bits per heavy atom. The molecule has 0 amide bonds. The fourth-order valence-electron chi connectivity index (χ4n) is 3.97. The lowest BCUT2D eigenvalue weighted by Crippen LogP contribution is -2.32. The smallest absolute Gasteiger partial charge is 0.233 e. The molecule has 5 rings (SSSR count). The molecule has 1 unspecified atom stereocenters. The minimum absolute atomic E-state index is 0.0936. The maximum absolute atomic E-state index is 14.9. The highest BCUT2D eigenvalue weighted by Gasteiger charge is 2.26. The highest BCUT2D eigenvalue weighted by molar-refractivity contribution is 7.98. The van der Waals surface area contributed by atoms with Crippen LogP contribution in [0.25, 0.3) is 22.4 Å². The highest BCUT2D eigenvalue weighted by Crippen LogP contribution is 2.35. The van der Waals surface area contributed by atoms with Crippen LogP contribution in [0.2, 0.25) is 0 Å². The molecule has 2 aliphatic rings. The lowest BCUT2D eigenvalue weighted by Gasteiger charge is -2.27. The third-order valence-electron chi connectivity index (χ3n) is 6.14. The van der Waals surface area contributed by atoms with Crippen LogP contribution in [0.15, 0.2) is 36.5 Å². The van der Waals surface area contributed by atoms with Crippen molar-refractivity contribution in [1.29, 1.82) is 0 Å². The van der Waals surface area contributed by atoms with Gasteiger partial charge in [-0.25, -0.2) is 4.39 Å². The van der Waals surface area contributed by atoms with Gasteiger partial charge < -0.3 is 14.7 Å². The molecule has 8 nitrogen and oxygen atoms in total. The number of nitrogens with zero attached hydrogens (tertiary/aromatic N) is 5. The molecule has 0 spiro atoms. The maximum atomic E-state index is 14.9. The number of rotatable bonds is 7. The van der Waals surface area contributed by atoms with Gasteiger partial charge in [-0.05, 0) is 43.5 Å². The van der Waals surface area contributed by atoms with E-state index in [1.807, 2.05) is 18.0 Å². The van der Waals surface area contributed by atoms with Gasteiger partial charge in [0.05, 0.1) is 19.0 Å². The molecule has 1 saturated heterocycles. The lowest BCUT2D eigenvalue weighted by molar-refractivity contribution is 0.392. The number of halogens is 1. The molecule has 3 heterocycles. The van der Waals surface area contributed by atoms with E-state index in [2.05, 4.69) is 30.0 Å². The van der Waals surface area contributed by atoms with Gasteiger partial charge in [-0.3, -0.25) is 4.72 Å². The van der Waals surface area contributed by atoms with Crippen molar-refractivity contribution in [1.82, 2.24) is 25.1 Å². The Kier molecular flexibility index (Phi) is 6.28. The van der Waals surface area contributed by atoms with Crippen molar-refractivity contribution in [3.05, 3.63) is 42.3 Å². The molecule has 1 saturated carbocycles. The third-order valence-corrected chi connectivity index (χ3v) is 7.33. The second-order valence-corrected chi connectivity index (χ2v) is 9.47. The first-order valence-corrected chi connectivity index (χ1v) is 11.9. The lowest BCUT2D eigenvalue weighted by atomic mass is 9.94. The number of hydrogen-bond acceptors (Lipinski definition) is 9. The average Bonchev–Trinajstić information content (AvgIpc) is 3.28. The Labute approximate surface area is 195 Å². The van der Waals surface area contributed by atoms with Crippen molar-refractivity contribution in [2.45, 2.75) is 37.0 Å². The van der Waals surface area contributed by atoms with Crippen LogP contribution in [-0.2, 0) is 0 Å². The number of aromatic hydroxyl groups is 1. The normalized spacial score (nSPS) is 18.4. The number of ether oxygens (including phenoxy) is 1. The molecule has 172 valence electrons. The van der Waals surface area contributed by atoms with Crippen LogP contribution >= 0.6 is 11.9 Å². The topological polar surface area (TPSA) is 96.3 Å². The first-order chi connectivity index (χ1) is 16.1. The predicted molar refractivity (Wildman–Crippen MR) is 126 cm³/mol. The standard InChI is InChI=1S/C23H25FN6O2S/c1-32-23-9-14(12-25-28-23)17-11-21(31)18(10-19(17)24)20-5-6-22(27-26-20)30-8-7-16(13-30)33-29-15-3-2-4-15/h5-6,9-12,15-16,29,31H,2-4,7-8,13H2,1H3. The summed E-state index contributed by atoms with van der Waals surface area (Å²) in [6.07, 6.45) is 6.39. The Hall–Kier alpha value is -2.98. The number of anilines is 1. The number of methoxy groups -OCH3 is 1. The molecule has 0 bridgehead atoms. The van der Waals surface area contributed by atoms with E-state index >= 15 is 0 Å². The van der Waals surface area contributed by atoms with Crippen LogP contribution in [0.4, 0.5) is 10.2 Å². The molecule has 2 aromatic heterocycles. The van der Waals surface area contributed by atoms with E-state index in [1.165, 1.54) is 44.7 Å². The van der Waals surface area contributed by atoms with Crippen molar-refractivity contribution >= 4 is 17.8 Å². The average molecular weight is 469 g/mol. The van der Waals surface area contributed by atoms with Crippen molar-refractivity contribution in [2.24, 2.45) is 0 Å². The number of phenolic OH excluding ortho intramolecular Hbond substituents is 1. The maximum Gasteiger partial charge on any atom is 0.233 e. The van der Waals surface area contributed by atoms with Gasteiger partial charge in [0.1, 0.15) is 11.6 Å². The monoisotopic (exact) mass is 468 g/mol. The van der Waals surface area contributed by atoms with Crippen molar-refractivity contribution in [3.63, 3.8) is 0 Å². The zero-order valence-electron chi connectivity index (χ0n) is 18.2. The molecule has 0 radical (unpaired) electrons. The predicted octanol–water partition coefficient (Wildman–Crippen LogP) is 3.82. The fourth-order valence-corrected chi connectivity index (χ4v) is 5.07. The molecule has 1 aliphatic heterocycles. The Balaban J connectivity index is 1.29. The molecular weight excluding hydrogens is 443 g/mol. The first-order valence-electron chi connectivity index (χ1n) is 11.0. The number of hydrogen-bond donors (Lipinski definition) is 2. The van der Waals surface area contributed by atoms with E-state index in [0.717, 1.165) is 25.3 Å². The summed E-state index contributed by atoms with van der Waals surface area (Å²) in [6, 6.07) is 8.48. The Morgan fingerprint density at radius 1 is 1.12 bits per heavy atom. The fraction of sp³-hybridized carbons (Fsp3) is 0.391. The second kappa shape index (κ2) is 9.48. The minimum Gasteiger partial charge on any atom is -0.507 e. The van der Waals surface area contributed by atoms with Crippen LogP contribution in [0.5, 0.6) is 11.6 Å². The van der Waals surface area contributed by atoms with Gasteiger partial charge in [-0.15, -0.1) is 15.3 Å². The van der Waals surface area contributed by atoms with Gasteiger partial charge in [-0.1, -0.05) is 18.4 Å². The van der Waals surface area contributed by atoms with Crippen molar-refractivity contribution in [3.8, 4) is 34.0 Å². The van der Waals surface area contributed by atoms with Crippen LogP contribution in [-0.4, -0.2) is 57.0 Å². The molecule has 1 aromatic carbocycles. The molecule has 2 fully saturated rings. The number of benzene rings is 1. The van der Waals surface area contributed by atoms with E-state index in [1.54, 1.807) is 12.1 Å². The summed E-state index contributed by atoms with van der Waals surface area (Å²) in [5, 5.41) is 27.3. The number of nitrogens with one attached hydrogen (secondary N) is 1. The van der Waals surface area contributed by atoms with E-state index in [0.29, 0.717) is 22.5 Å². The highest BCUT2D eigenvalue weighted by atomic mass is 32.2. The largest absolute Gasteiger partial charge is 0.507 e. The Morgan fingerprint density at radius 3 is 2.73 bits per heavy atom. The number of aromatic nitrogens is 4. The molecule has 33 heavy (non-hydrogen) atoms. The molecule has 1 aliphatic carbocycles. The van der Waals surface area contributed by atoms with Gasteiger partial charge in [-0.2, -0.15) is 5.10 Å². The molecule has 3 aromatic rings. The number of phenols is 1. The van der Waals surface area contributed by atoms with Crippen LogP contribution < -0.4 is 14.4 Å². The Bertz CT molecular complexity index is 1130. The van der Waals surface area contributed by atoms with Crippen LogP contribution in [0.3, 0.4) is 0 Å². The zero-order valence-corrected chi connectivity index (χ0v) is 19.1. The van der Waals surface area contributed by atoms with E-state index in [9.17, 15) is 9.50 Å². The minimum atomic E-state index is -0.512. The van der Waals surface area contributed by atoms with Gasteiger partial charge >= 0.3 is 0 Å². The summed E-state index contributed by atoms with van der Waals surface area (Å²) in [5.74, 6) is 0.446. The second-order valence-electron chi connectivity index (χ2n) is 8.33. The van der Waals surface area contributed by atoms with Gasteiger partial charge in [0.15, 0.2) is 5.82 Å². The van der Waals surface area contributed by atoms with E-state index < -0.39 is 5.82 Å². The summed E-state index contributed by atoms with van der Waals surface area (Å²) in [7, 11) is 1.46. The van der Waals surface area contributed by atoms with Crippen molar-refractivity contribution < 1.29 is 14.2 Å². The van der Waals surface area contributed by atoms with E-state index in [-0.39, 0.29) is 22.8 Å². The zero-order chi connectivity index (χ0) is 22.8. The van der Waals surface area contributed by atoms with Crippen LogP contribution in [0.1, 0.15) is 25.7 Å². The molecule has 10 heteroatoms. The van der Waals surface area contributed by atoms with Gasteiger partial charge in [0.25, 0.3) is 0 Å². The van der Waals surface area contributed by atoms with Crippen molar-refractivity contribution in [2.75, 3.05) is 25.1 Å². The third kappa shape index (κ3) is 4.72. The van der Waals surface area contributed by atoms with Crippen LogP contribution in [0, 0.1) is 5.82 Å². The summed E-state index contributed by atoms with van der Waals surface area (Å²) in [6.45, 7) is 1.84. The first kappa shape index (κ1) is 21.8. The summed E-state index contributed by atoms with van der Waals surface area (Å²) >= 11 is 1.84. The quantitative estimate of drug-likeness (QED) is 0.502. The summed E-state index contributed by atoms with van der Waals surface area (Å²) in [5.41, 5.74) is 1.34. The summed E-state index contributed by atoms with van der Waals surface area (Å²) in [4.78, 5) is 2.21. The molecule has 1 atom stereocenters. The molecular formula is C23H25FN6O2S. The SMILES string of the molecule is COc1cc(-c2cc(O)c(-c3ccc(N4CCC(SNC5CCC5)C4)nn3)cc2F)cnn1. The van der Waals surface area contributed by atoms with Gasteiger partial charge in [0.2, 0.25) is 5.88 Å². The molecule has 2 N–H and O–H groups in total.